The molecule has 0 saturated heterocycles. The van der Waals surface area contributed by atoms with Crippen molar-refractivity contribution in [3.63, 3.8) is 0 Å². The molecular weight excluding hydrogens is 480 g/mol. The average Bonchev–Trinajstić information content (AvgIpc) is 2.78. The van der Waals surface area contributed by atoms with Gasteiger partial charge in [0.25, 0.3) is 0 Å². The van der Waals surface area contributed by atoms with Crippen molar-refractivity contribution in [2.75, 3.05) is 6.61 Å². The van der Waals surface area contributed by atoms with Crippen molar-refractivity contribution in [3.05, 3.63) is 0 Å². The summed E-state index contributed by atoms with van der Waals surface area (Å²) in [5.74, 6) is 2.34. The zero-order valence-corrected chi connectivity index (χ0v) is 28.4. The molecule has 0 aliphatic carbocycles. The molecule has 6 nitrogen and oxygen atoms in total. The molecule has 6 heteroatoms. The lowest BCUT2D eigenvalue weighted by Crippen LogP contribution is -2.13. The van der Waals surface area contributed by atoms with E-state index in [-0.39, 0.29) is 65.4 Å². The van der Waals surface area contributed by atoms with E-state index in [1.165, 1.54) is 6.42 Å². The maximum Gasteiger partial charge on any atom is 0.160 e. The maximum atomic E-state index is 10.8. The van der Waals surface area contributed by atoms with Crippen molar-refractivity contribution in [1.29, 1.82) is 0 Å². The molecule has 0 rings (SSSR count). The molecule has 0 aromatic carbocycles. The lowest BCUT2D eigenvalue weighted by Gasteiger charge is -2.05. The Labute approximate surface area is 237 Å². The molecule has 0 spiro atoms. The van der Waals surface area contributed by atoms with Crippen molar-refractivity contribution in [3.8, 4) is 0 Å². The Balaban J connectivity index is -0.0000000824. The van der Waals surface area contributed by atoms with Crippen molar-refractivity contribution in [1.82, 2.24) is 0 Å². The van der Waals surface area contributed by atoms with Crippen molar-refractivity contribution < 1.29 is 29.1 Å². The van der Waals surface area contributed by atoms with Crippen LogP contribution < -0.4 is 0 Å². The molecule has 0 fully saturated rings. The highest BCUT2D eigenvalue weighted by atomic mass is 16.3. The van der Waals surface area contributed by atoms with E-state index in [0.29, 0.717) is 11.6 Å². The van der Waals surface area contributed by atoms with Gasteiger partial charge in [0.1, 0.15) is 29.7 Å². The molecule has 0 unspecified atom stereocenters. The molecule has 1 N–H and O–H groups in total. The summed E-state index contributed by atoms with van der Waals surface area (Å²) in [6.45, 7) is 33.7. The SMILES string of the molecule is CC(=O)C(C)C.CC(=O)C(C)C.CC(C)C(=O)C(C)C.CC(C)C(=O)C(C)C.CC(C)C(=O)CO.CCC. The molecule has 0 amide bonds. The molecule has 0 aromatic rings. The zero-order valence-electron chi connectivity index (χ0n) is 28.4. The second kappa shape index (κ2) is 31.5. The Bertz CT molecular complexity index is 535. The van der Waals surface area contributed by atoms with E-state index >= 15 is 0 Å². The van der Waals surface area contributed by atoms with Crippen LogP contribution in [0.4, 0.5) is 0 Å². The summed E-state index contributed by atoms with van der Waals surface area (Å²) in [6.07, 6.45) is 1.25. The first kappa shape index (κ1) is 49.3. The molecule has 0 atom stereocenters. The average molecular weight is 547 g/mol. The van der Waals surface area contributed by atoms with Crippen LogP contribution in [0.5, 0.6) is 0 Å². The van der Waals surface area contributed by atoms with Crippen LogP contribution in [0, 0.1) is 41.4 Å². The fraction of sp³-hybridized carbons (Fsp3) is 0.844. The van der Waals surface area contributed by atoms with Crippen molar-refractivity contribution in [2.24, 2.45) is 41.4 Å². The number of aliphatic hydroxyl groups excluding tert-OH is 1. The minimum absolute atomic E-state index is 0.0231. The van der Waals surface area contributed by atoms with Gasteiger partial charge in [-0.15, -0.1) is 0 Å². The third-order valence-corrected chi connectivity index (χ3v) is 4.70. The number of hydrogen-bond donors (Lipinski definition) is 1. The minimum Gasteiger partial charge on any atom is -0.389 e. The van der Waals surface area contributed by atoms with E-state index in [2.05, 4.69) is 13.8 Å². The van der Waals surface area contributed by atoms with Crippen LogP contribution in [0.3, 0.4) is 0 Å². The van der Waals surface area contributed by atoms with Crippen LogP contribution in [0.1, 0.15) is 131 Å². The lowest BCUT2D eigenvalue weighted by atomic mass is 9.99. The van der Waals surface area contributed by atoms with Crippen LogP contribution in [0.15, 0.2) is 0 Å². The number of ketones is 5. The second-order valence-corrected chi connectivity index (χ2v) is 11.4. The Morgan fingerprint density at radius 1 is 0.447 bits per heavy atom. The summed E-state index contributed by atoms with van der Waals surface area (Å²) in [6, 6.07) is 0. The van der Waals surface area contributed by atoms with Gasteiger partial charge in [0.05, 0.1) is 0 Å². The maximum absolute atomic E-state index is 10.8. The number of rotatable bonds is 8. The highest BCUT2D eigenvalue weighted by Gasteiger charge is 2.10. The monoisotopic (exact) mass is 546 g/mol. The summed E-state index contributed by atoms with van der Waals surface area (Å²) >= 11 is 0. The number of carbonyl (C=O) groups is 5. The smallest absolute Gasteiger partial charge is 0.160 e. The number of Topliss-reactive ketones (excluding diaryl/α,β-unsaturated/α-hetero) is 5. The highest BCUT2D eigenvalue weighted by molar-refractivity contribution is 5.82. The lowest BCUT2D eigenvalue weighted by molar-refractivity contribution is -0.125. The van der Waals surface area contributed by atoms with E-state index in [0.717, 1.165) is 0 Å². The predicted molar refractivity (Wildman–Crippen MR) is 163 cm³/mol. The minimum atomic E-state index is -0.322. The first-order valence-electron chi connectivity index (χ1n) is 14.2. The topological polar surface area (TPSA) is 106 Å². The van der Waals surface area contributed by atoms with Crippen LogP contribution in [-0.2, 0) is 24.0 Å². The highest BCUT2D eigenvalue weighted by Crippen LogP contribution is 2.04. The fourth-order valence-electron chi connectivity index (χ4n) is 1.52. The van der Waals surface area contributed by atoms with E-state index in [1.807, 2.05) is 83.1 Å². The fourth-order valence-corrected chi connectivity index (χ4v) is 1.52. The van der Waals surface area contributed by atoms with Crippen LogP contribution >= 0.6 is 0 Å². The summed E-state index contributed by atoms with van der Waals surface area (Å²) in [7, 11) is 0. The summed E-state index contributed by atoms with van der Waals surface area (Å²) in [4.78, 5) is 52.2. The third-order valence-electron chi connectivity index (χ3n) is 4.70. The largest absolute Gasteiger partial charge is 0.389 e. The number of aliphatic hydroxyl groups is 1. The van der Waals surface area contributed by atoms with Gasteiger partial charge < -0.3 is 5.11 Å². The number of hydrogen-bond acceptors (Lipinski definition) is 6. The van der Waals surface area contributed by atoms with Gasteiger partial charge in [-0.2, -0.15) is 0 Å². The first-order valence-corrected chi connectivity index (χ1v) is 14.2. The Morgan fingerprint density at radius 2 is 0.605 bits per heavy atom. The molecular formula is C32H66O6. The van der Waals surface area contributed by atoms with Gasteiger partial charge >= 0.3 is 0 Å². The van der Waals surface area contributed by atoms with Gasteiger partial charge in [-0.3, -0.25) is 24.0 Å². The van der Waals surface area contributed by atoms with Gasteiger partial charge in [-0.25, -0.2) is 0 Å². The summed E-state index contributed by atoms with van der Waals surface area (Å²) in [5.41, 5.74) is 0. The predicted octanol–water partition coefficient (Wildman–Crippen LogP) is 7.82. The van der Waals surface area contributed by atoms with Crippen LogP contribution in [0.2, 0.25) is 0 Å². The first-order chi connectivity index (χ1) is 17.0. The van der Waals surface area contributed by atoms with Gasteiger partial charge in [0.2, 0.25) is 0 Å². The van der Waals surface area contributed by atoms with E-state index in [1.54, 1.807) is 27.7 Å². The van der Waals surface area contributed by atoms with E-state index in [9.17, 15) is 24.0 Å². The van der Waals surface area contributed by atoms with E-state index < -0.39 is 0 Å². The molecule has 38 heavy (non-hydrogen) atoms. The number of carbonyl (C=O) groups excluding carboxylic acids is 5. The van der Waals surface area contributed by atoms with Gasteiger partial charge in [0, 0.05) is 41.4 Å². The van der Waals surface area contributed by atoms with Crippen LogP contribution in [0.25, 0.3) is 0 Å². The van der Waals surface area contributed by atoms with Gasteiger partial charge in [0.15, 0.2) is 5.78 Å². The summed E-state index contributed by atoms with van der Waals surface area (Å²) < 4.78 is 0. The summed E-state index contributed by atoms with van der Waals surface area (Å²) in [5, 5.41) is 8.16. The van der Waals surface area contributed by atoms with Crippen molar-refractivity contribution in [2.45, 2.75) is 131 Å². The van der Waals surface area contributed by atoms with Crippen molar-refractivity contribution >= 4 is 28.9 Å². The molecule has 0 heterocycles. The van der Waals surface area contributed by atoms with E-state index in [4.69, 9.17) is 5.11 Å². The molecule has 0 aliphatic rings. The second-order valence-electron chi connectivity index (χ2n) is 11.4. The normalized spacial score (nSPS) is 9.74. The Morgan fingerprint density at radius 3 is 0.605 bits per heavy atom. The molecule has 0 bridgehead atoms. The molecule has 0 saturated carbocycles. The van der Waals surface area contributed by atoms with Gasteiger partial charge in [-0.05, 0) is 13.8 Å². The van der Waals surface area contributed by atoms with Crippen LogP contribution in [-0.4, -0.2) is 40.6 Å². The molecule has 0 radical (unpaired) electrons. The quantitative estimate of drug-likeness (QED) is 0.333. The third kappa shape index (κ3) is 47.5. The Hall–Kier alpha value is -1.69. The van der Waals surface area contributed by atoms with Gasteiger partial charge in [-0.1, -0.05) is 117 Å². The molecule has 0 aliphatic heterocycles. The molecule has 230 valence electrons. The zero-order chi connectivity index (χ0) is 32.3. The Kier molecular flexibility index (Phi) is 40.9. The standard InChI is InChI=1S/2C7H14O.C5H10O2.2C5H10O.C3H8/c2*1-5(2)7(8)6(3)4;1-4(2)5(7)3-6;2*1-4(2)5(3)6;1-3-2/h2*5-6H,1-4H3;4,6H,3H2,1-2H3;2*4H,1-3H3;3H2,1-2H3. The molecule has 0 aromatic heterocycles.